The molecule has 0 radical (unpaired) electrons. The number of nitrogens with one attached hydrogen (secondary N) is 2. The molecular formula is C19H41N5. The van der Waals surface area contributed by atoms with Gasteiger partial charge >= 0.3 is 0 Å². The molecule has 1 rings (SSSR count). The van der Waals surface area contributed by atoms with Gasteiger partial charge in [-0.3, -0.25) is 4.99 Å². The number of rotatable bonds is 9. The molecule has 5 nitrogen and oxygen atoms in total. The average molecular weight is 340 g/mol. The van der Waals surface area contributed by atoms with Crippen LogP contribution in [0.15, 0.2) is 4.99 Å². The second-order valence-electron chi connectivity index (χ2n) is 7.81. The Balaban J connectivity index is 2.22. The standard InChI is InChI=1S/C19H41N5/c1-7-23-10-12-24(13-11-23)15-17(4)14-21-19(20-6)22-18(5)9-8-16(2)3/h16-18H,7-15H2,1-6H3,(H2,20,21,22). The van der Waals surface area contributed by atoms with E-state index in [2.05, 4.69) is 60.0 Å². The van der Waals surface area contributed by atoms with Gasteiger partial charge in [-0.25, -0.2) is 0 Å². The van der Waals surface area contributed by atoms with Crippen LogP contribution in [0, 0.1) is 11.8 Å². The molecule has 2 N–H and O–H groups in total. The fourth-order valence-electron chi connectivity index (χ4n) is 3.15. The van der Waals surface area contributed by atoms with E-state index >= 15 is 0 Å². The number of likely N-dealkylation sites (N-methyl/N-ethyl adjacent to an activating group) is 1. The van der Waals surface area contributed by atoms with Crippen molar-refractivity contribution in [2.24, 2.45) is 16.8 Å². The van der Waals surface area contributed by atoms with Crippen LogP contribution in [0.3, 0.4) is 0 Å². The zero-order valence-electron chi connectivity index (χ0n) is 16.9. The maximum Gasteiger partial charge on any atom is 0.191 e. The van der Waals surface area contributed by atoms with E-state index in [4.69, 9.17) is 0 Å². The van der Waals surface area contributed by atoms with Gasteiger partial charge in [-0.05, 0) is 38.1 Å². The highest BCUT2D eigenvalue weighted by molar-refractivity contribution is 5.79. The van der Waals surface area contributed by atoms with E-state index in [9.17, 15) is 0 Å². The molecule has 1 fully saturated rings. The van der Waals surface area contributed by atoms with Crippen molar-refractivity contribution in [1.29, 1.82) is 0 Å². The number of hydrogen-bond acceptors (Lipinski definition) is 3. The maximum atomic E-state index is 4.37. The van der Waals surface area contributed by atoms with Crippen molar-refractivity contribution in [2.45, 2.75) is 53.5 Å². The molecular weight excluding hydrogens is 298 g/mol. The van der Waals surface area contributed by atoms with Gasteiger partial charge in [0.2, 0.25) is 0 Å². The van der Waals surface area contributed by atoms with Crippen molar-refractivity contribution in [2.75, 3.05) is 52.9 Å². The lowest BCUT2D eigenvalue weighted by atomic mass is 10.0. The minimum atomic E-state index is 0.469. The molecule has 0 aromatic carbocycles. The van der Waals surface area contributed by atoms with Crippen LogP contribution in [-0.4, -0.2) is 74.7 Å². The van der Waals surface area contributed by atoms with Gasteiger partial charge in [-0.1, -0.05) is 27.7 Å². The first kappa shape index (κ1) is 21.2. The van der Waals surface area contributed by atoms with Crippen molar-refractivity contribution in [1.82, 2.24) is 20.4 Å². The van der Waals surface area contributed by atoms with E-state index < -0.39 is 0 Å². The molecule has 2 atom stereocenters. The fourth-order valence-corrected chi connectivity index (χ4v) is 3.15. The van der Waals surface area contributed by atoms with Crippen molar-refractivity contribution in [3.8, 4) is 0 Å². The van der Waals surface area contributed by atoms with Gasteiger partial charge in [0, 0.05) is 52.4 Å². The van der Waals surface area contributed by atoms with E-state index in [1.165, 1.54) is 52.1 Å². The van der Waals surface area contributed by atoms with Crippen molar-refractivity contribution >= 4 is 5.96 Å². The number of aliphatic imine (C=N–C) groups is 1. The van der Waals surface area contributed by atoms with Crippen LogP contribution in [0.4, 0.5) is 0 Å². The average Bonchev–Trinajstić information content (AvgIpc) is 2.57. The largest absolute Gasteiger partial charge is 0.356 e. The first-order valence-electron chi connectivity index (χ1n) is 9.86. The molecule has 0 aliphatic carbocycles. The number of piperazine rings is 1. The van der Waals surface area contributed by atoms with Gasteiger partial charge in [0.25, 0.3) is 0 Å². The minimum absolute atomic E-state index is 0.469. The van der Waals surface area contributed by atoms with Crippen molar-refractivity contribution in [3.63, 3.8) is 0 Å². The van der Waals surface area contributed by atoms with Crippen LogP contribution in [0.1, 0.15) is 47.5 Å². The van der Waals surface area contributed by atoms with E-state index in [0.717, 1.165) is 18.4 Å². The SMILES string of the molecule is CCN1CCN(CC(C)CNC(=NC)NC(C)CCC(C)C)CC1. The first-order valence-corrected chi connectivity index (χ1v) is 9.86. The molecule has 142 valence electrons. The molecule has 0 bridgehead atoms. The van der Waals surface area contributed by atoms with Gasteiger partial charge in [0.1, 0.15) is 0 Å². The highest BCUT2D eigenvalue weighted by Crippen LogP contribution is 2.07. The van der Waals surface area contributed by atoms with Crippen LogP contribution >= 0.6 is 0 Å². The molecule has 24 heavy (non-hydrogen) atoms. The topological polar surface area (TPSA) is 42.9 Å². The Bertz CT molecular complexity index is 348. The Morgan fingerprint density at radius 3 is 2.17 bits per heavy atom. The van der Waals surface area contributed by atoms with Crippen molar-refractivity contribution < 1.29 is 0 Å². The van der Waals surface area contributed by atoms with Gasteiger partial charge in [-0.2, -0.15) is 0 Å². The summed E-state index contributed by atoms with van der Waals surface area (Å²) >= 11 is 0. The van der Waals surface area contributed by atoms with Crippen LogP contribution in [0.25, 0.3) is 0 Å². The zero-order chi connectivity index (χ0) is 17.9. The molecule has 1 heterocycles. The summed E-state index contributed by atoms with van der Waals surface area (Å²) < 4.78 is 0. The highest BCUT2D eigenvalue weighted by atomic mass is 15.3. The van der Waals surface area contributed by atoms with Gasteiger partial charge in [0.15, 0.2) is 5.96 Å². The Labute approximate surface area is 150 Å². The second-order valence-corrected chi connectivity index (χ2v) is 7.81. The molecule has 2 unspecified atom stereocenters. The lowest BCUT2D eigenvalue weighted by Gasteiger charge is -2.35. The van der Waals surface area contributed by atoms with Crippen LogP contribution in [0.5, 0.6) is 0 Å². The predicted octanol–water partition coefficient (Wildman–Crippen LogP) is 2.25. The number of nitrogens with zero attached hydrogens (tertiary/aromatic N) is 3. The summed E-state index contributed by atoms with van der Waals surface area (Å²) in [4.78, 5) is 9.50. The Morgan fingerprint density at radius 1 is 1.00 bits per heavy atom. The third kappa shape index (κ3) is 8.88. The summed E-state index contributed by atoms with van der Waals surface area (Å²) in [5.41, 5.74) is 0. The summed E-state index contributed by atoms with van der Waals surface area (Å²) in [5.74, 6) is 2.33. The van der Waals surface area contributed by atoms with Gasteiger partial charge in [0.05, 0.1) is 0 Å². The molecule has 5 heteroatoms. The quantitative estimate of drug-likeness (QED) is 0.499. The Morgan fingerprint density at radius 2 is 1.62 bits per heavy atom. The molecule has 1 saturated heterocycles. The second kappa shape index (κ2) is 11.7. The van der Waals surface area contributed by atoms with Crippen LogP contribution in [-0.2, 0) is 0 Å². The zero-order valence-corrected chi connectivity index (χ0v) is 16.9. The summed E-state index contributed by atoms with van der Waals surface area (Å²) in [6, 6.07) is 0.469. The molecule has 0 aromatic heterocycles. The lowest BCUT2D eigenvalue weighted by molar-refractivity contribution is 0.124. The molecule has 0 saturated carbocycles. The maximum absolute atomic E-state index is 4.37. The third-order valence-electron chi connectivity index (χ3n) is 4.88. The summed E-state index contributed by atoms with van der Waals surface area (Å²) in [6.45, 7) is 19.6. The first-order chi connectivity index (χ1) is 11.4. The summed E-state index contributed by atoms with van der Waals surface area (Å²) in [6.07, 6.45) is 2.45. The van der Waals surface area contributed by atoms with E-state index in [1.54, 1.807) is 0 Å². The van der Waals surface area contributed by atoms with E-state index in [0.29, 0.717) is 12.0 Å². The normalized spacial score (nSPS) is 20.2. The summed E-state index contributed by atoms with van der Waals surface area (Å²) in [7, 11) is 1.86. The molecule has 0 aromatic rings. The molecule has 1 aliphatic heterocycles. The van der Waals surface area contributed by atoms with Gasteiger partial charge < -0.3 is 20.4 Å². The van der Waals surface area contributed by atoms with Crippen LogP contribution < -0.4 is 10.6 Å². The highest BCUT2D eigenvalue weighted by Gasteiger charge is 2.17. The number of hydrogen-bond donors (Lipinski definition) is 2. The Kier molecular flexibility index (Phi) is 10.3. The van der Waals surface area contributed by atoms with Gasteiger partial charge in [-0.15, -0.1) is 0 Å². The number of guanidine groups is 1. The predicted molar refractivity (Wildman–Crippen MR) is 106 cm³/mol. The van der Waals surface area contributed by atoms with E-state index in [-0.39, 0.29) is 0 Å². The summed E-state index contributed by atoms with van der Waals surface area (Å²) in [5, 5.41) is 7.01. The van der Waals surface area contributed by atoms with E-state index in [1.807, 2.05) is 7.05 Å². The third-order valence-corrected chi connectivity index (χ3v) is 4.88. The molecule has 0 spiro atoms. The lowest BCUT2D eigenvalue weighted by Crippen LogP contribution is -2.49. The monoisotopic (exact) mass is 339 g/mol. The Hall–Kier alpha value is -0.810. The molecule has 0 amide bonds. The minimum Gasteiger partial charge on any atom is -0.356 e. The van der Waals surface area contributed by atoms with Crippen molar-refractivity contribution in [3.05, 3.63) is 0 Å². The fraction of sp³-hybridized carbons (Fsp3) is 0.947. The smallest absolute Gasteiger partial charge is 0.191 e. The van der Waals surface area contributed by atoms with Crippen LogP contribution in [0.2, 0.25) is 0 Å². The molecule has 1 aliphatic rings.